The number of aromatic nitrogens is 3. The van der Waals surface area contributed by atoms with E-state index in [2.05, 4.69) is 19.9 Å². The van der Waals surface area contributed by atoms with Crippen LogP contribution < -0.4 is 19.9 Å². The summed E-state index contributed by atoms with van der Waals surface area (Å²) in [4.78, 5) is 17.5. The monoisotopic (exact) mass is 419 g/mol. The van der Waals surface area contributed by atoms with Crippen LogP contribution in [-0.4, -0.2) is 42.1 Å². The number of amidine groups is 1. The summed E-state index contributed by atoms with van der Waals surface area (Å²) in [6.07, 6.45) is 3.69. The van der Waals surface area contributed by atoms with Gasteiger partial charge in [-0.2, -0.15) is 4.98 Å². The normalized spacial score (nSPS) is 11.5. The first-order valence-corrected chi connectivity index (χ1v) is 9.41. The number of rotatable bonds is 7. The topological polar surface area (TPSA) is 118 Å². The number of nitrogens with zero attached hydrogens (tertiary/aromatic N) is 4. The van der Waals surface area contributed by atoms with Crippen LogP contribution in [0.5, 0.6) is 17.2 Å². The molecule has 0 saturated heterocycles. The molecule has 4 rings (SSSR count). The Labute approximate surface area is 178 Å². The average Bonchev–Trinajstić information content (AvgIpc) is 3.23. The van der Waals surface area contributed by atoms with Crippen molar-refractivity contribution in [2.24, 2.45) is 10.7 Å². The number of nitrogens with two attached hydrogens (primary N) is 1. The molecule has 9 nitrogen and oxygen atoms in total. The van der Waals surface area contributed by atoms with Crippen LogP contribution in [-0.2, 0) is 6.42 Å². The van der Waals surface area contributed by atoms with Crippen molar-refractivity contribution in [1.82, 2.24) is 15.0 Å². The van der Waals surface area contributed by atoms with Crippen molar-refractivity contribution in [2.45, 2.75) is 6.42 Å². The highest BCUT2D eigenvalue weighted by atomic mass is 16.5. The lowest BCUT2D eigenvalue weighted by molar-refractivity contribution is 0.324. The van der Waals surface area contributed by atoms with Gasteiger partial charge in [-0.3, -0.25) is 4.98 Å². The average molecular weight is 419 g/mol. The number of hydrogen-bond donors (Lipinski definition) is 1. The van der Waals surface area contributed by atoms with Crippen molar-refractivity contribution in [3.63, 3.8) is 0 Å². The zero-order valence-electron chi connectivity index (χ0n) is 17.3. The number of methoxy groups -OCH3 is 3. The molecule has 0 aliphatic carbocycles. The fraction of sp³-hybridized carbons (Fsp3) is 0.182. The Morgan fingerprint density at radius 3 is 2.45 bits per heavy atom. The van der Waals surface area contributed by atoms with E-state index in [1.807, 2.05) is 18.2 Å². The molecule has 3 heterocycles. The zero-order valence-corrected chi connectivity index (χ0v) is 17.3. The van der Waals surface area contributed by atoms with Crippen LogP contribution in [0.2, 0.25) is 0 Å². The quantitative estimate of drug-likeness (QED) is 0.357. The van der Waals surface area contributed by atoms with E-state index in [0.717, 1.165) is 11.3 Å². The summed E-state index contributed by atoms with van der Waals surface area (Å²) in [5.41, 5.74) is 9.45. The maximum atomic E-state index is 6.19. The lowest BCUT2D eigenvalue weighted by Gasteiger charge is -2.12. The van der Waals surface area contributed by atoms with Gasteiger partial charge in [0.15, 0.2) is 22.7 Å². The molecule has 4 aromatic rings. The summed E-state index contributed by atoms with van der Waals surface area (Å²) in [7, 11) is 4.64. The third-order valence-electron chi connectivity index (χ3n) is 4.51. The molecule has 0 saturated carbocycles. The fourth-order valence-electron chi connectivity index (χ4n) is 3.12. The molecule has 0 aliphatic heterocycles. The molecule has 0 unspecified atom stereocenters. The number of benzene rings is 1. The Morgan fingerprint density at radius 2 is 1.77 bits per heavy atom. The third-order valence-corrected chi connectivity index (χ3v) is 4.51. The molecule has 0 bridgehead atoms. The van der Waals surface area contributed by atoms with Crippen LogP contribution in [0.1, 0.15) is 5.69 Å². The largest absolute Gasteiger partial charge is 0.493 e. The lowest BCUT2D eigenvalue weighted by atomic mass is 10.2. The van der Waals surface area contributed by atoms with E-state index in [4.69, 9.17) is 24.4 Å². The van der Waals surface area contributed by atoms with E-state index in [-0.39, 0.29) is 0 Å². The number of ether oxygens (including phenoxy) is 3. The lowest BCUT2D eigenvalue weighted by Crippen LogP contribution is -2.15. The molecule has 0 amide bonds. The molecule has 31 heavy (non-hydrogen) atoms. The number of hydrogen-bond acceptors (Lipinski definition) is 8. The molecule has 1 aromatic carbocycles. The molecule has 9 heteroatoms. The van der Waals surface area contributed by atoms with Gasteiger partial charge in [0.2, 0.25) is 11.6 Å². The van der Waals surface area contributed by atoms with Gasteiger partial charge in [-0.25, -0.2) is 9.98 Å². The highest BCUT2D eigenvalue weighted by Gasteiger charge is 2.14. The van der Waals surface area contributed by atoms with Crippen LogP contribution in [0.25, 0.3) is 22.7 Å². The molecule has 0 spiro atoms. The van der Waals surface area contributed by atoms with Gasteiger partial charge < -0.3 is 24.4 Å². The standard InChI is InChI=1S/C22H21N5O4/c1-28-17-10-15(11-18(29-2)20(17)30-3)26-19(23)12-14-9-13(6-8-24-14)22-27-21-16(31-22)5-4-7-25-21/h4-11H,12H2,1-3H3,(H2,23,26). The first-order chi connectivity index (χ1) is 15.1. The summed E-state index contributed by atoms with van der Waals surface area (Å²) >= 11 is 0. The van der Waals surface area contributed by atoms with E-state index < -0.39 is 0 Å². The SMILES string of the molecule is COc1cc(N=C(N)Cc2cc(-c3nc4ncccc4o3)ccn2)cc(OC)c1OC. The molecule has 158 valence electrons. The molecular formula is C22H21N5O4. The van der Waals surface area contributed by atoms with Gasteiger partial charge in [-0.15, -0.1) is 0 Å². The van der Waals surface area contributed by atoms with Crippen molar-refractivity contribution >= 4 is 22.8 Å². The number of fused-ring (bicyclic) bond motifs is 1. The maximum absolute atomic E-state index is 6.19. The smallest absolute Gasteiger partial charge is 0.229 e. The third kappa shape index (κ3) is 4.25. The summed E-state index contributed by atoms with van der Waals surface area (Å²) in [6.45, 7) is 0. The van der Waals surface area contributed by atoms with E-state index in [1.165, 1.54) is 0 Å². The summed E-state index contributed by atoms with van der Waals surface area (Å²) in [5.74, 6) is 2.33. The predicted molar refractivity (Wildman–Crippen MR) is 116 cm³/mol. The minimum Gasteiger partial charge on any atom is -0.493 e. The molecule has 2 N–H and O–H groups in total. The van der Waals surface area contributed by atoms with Gasteiger partial charge in [-0.05, 0) is 24.3 Å². The molecule has 0 radical (unpaired) electrons. The summed E-state index contributed by atoms with van der Waals surface area (Å²) in [6, 6.07) is 10.8. The first kappa shape index (κ1) is 20.1. The van der Waals surface area contributed by atoms with E-state index >= 15 is 0 Å². The second-order valence-corrected chi connectivity index (χ2v) is 6.54. The van der Waals surface area contributed by atoms with Crippen molar-refractivity contribution < 1.29 is 18.6 Å². The Balaban J connectivity index is 1.59. The minimum atomic E-state index is 0.336. The predicted octanol–water partition coefficient (Wildman–Crippen LogP) is 3.54. The molecular weight excluding hydrogens is 398 g/mol. The van der Waals surface area contributed by atoms with E-state index in [9.17, 15) is 0 Å². The molecule has 0 fully saturated rings. The zero-order chi connectivity index (χ0) is 21.8. The number of aliphatic imine (C=N–C) groups is 1. The minimum absolute atomic E-state index is 0.336. The van der Waals surface area contributed by atoms with Gasteiger partial charge in [0, 0.05) is 42.2 Å². The Kier molecular flexibility index (Phi) is 5.65. The van der Waals surface area contributed by atoms with Crippen molar-refractivity contribution in [1.29, 1.82) is 0 Å². The van der Waals surface area contributed by atoms with Gasteiger partial charge in [-0.1, -0.05) is 0 Å². The number of oxazole rings is 1. The Hall–Kier alpha value is -4.14. The van der Waals surface area contributed by atoms with E-state index in [0.29, 0.717) is 52.3 Å². The molecule has 0 aliphatic rings. The summed E-state index contributed by atoms with van der Waals surface area (Å²) < 4.78 is 21.8. The van der Waals surface area contributed by atoms with Crippen LogP contribution in [0.4, 0.5) is 5.69 Å². The highest BCUT2D eigenvalue weighted by Crippen LogP contribution is 2.40. The van der Waals surface area contributed by atoms with Gasteiger partial charge in [0.05, 0.1) is 27.0 Å². The van der Waals surface area contributed by atoms with Crippen LogP contribution in [0, 0.1) is 0 Å². The summed E-state index contributed by atoms with van der Waals surface area (Å²) in [5, 5.41) is 0. The van der Waals surface area contributed by atoms with Crippen LogP contribution in [0.3, 0.4) is 0 Å². The van der Waals surface area contributed by atoms with Crippen LogP contribution >= 0.6 is 0 Å². The second-order valence-electron chi connectivity index (χ2n) is 6.54. The van der Waals surface area contributed by atoms with E-state index in [1.54, 1.807) is 51.9 Å². The van der Waals surface area contributed by atoms with Crippen molar-refractivity contribution in [3.05, 3.63) is 54.5 Å². The number of pyridine rings is 2. The molecule has 0 atom stereocenters. The second kappa shape index (κ2) is 8.70. The van der Waals surface area contributed by atoms with Crippen LogP contribution in [0.15, 0.2) is 58.2 Å². The van der Waals surface area contributed by atoms with Gasteiger partial charge in [0.1, 0.15) is 5.84 Å². The first-order valence-electron chi connectivity index (χ1n) is 9.41. The Bertz CT molecular complexity index is 1190. The maximum Gasteiger partial charge on any atom is 0.229 e. The van der Waals surface area contributed by atoms with Gasteiger partial charge >= 0.3 is 0 Å². The van der Waals surface area contributed by atoms with Crippen molar-refractivity contribution in [2.75, 3.05) is 21.3 Å². The fourth-order valence-corrected chi connectivity index (χ4v) is 3.12. The highest BCUT2D eigenvalue weighted by molar-refractivity contribution is 5.85. The Morgan fingerprint density at radius 1 is 1.00 bits per heavy atom. The molecule has 3 aromatic heterocycles. The van der Waals surface area contributed by atoms with Crippen molar-refractivity contribution in [3.8, 4) is 28.7 Å². The van der Waals surface area contributed by atoms with Gasteiger partial charge in [0.25, 0.3) is 0 Å².